The third-order valence-electron chi connectivity index (χ3n) is 5.20. The van der Waals surface area contributed by atoms with E-state index >= 15 is 0 Å². The average Bonchev–Trinajstić information content (AvgIpc) is 3.26. The van der Waals surface area contributed by atoms with Crippen molar-refractivity contribution in [3.05, 3.63) is 70.4 Å². The number of nitrogens with zero attached hydrogens (tertiary/aromatic N) is 5. The molecular weight excluding hydrogens is 412 g/mol. The molecule has 8 nitrogen and oxygen atoms in total. The quantitative estimate of drug-likeness (QED) is 0.450. The molecule has 0 atom stereocenters. The van der Waals surface area contributed by atoms with Crippen molar-refractivity contribution in [3.8, 4) is 0 Å². The van der Waals surface area contributed by atoms with E-state index in [0.717, 1.165) is 28.6 Å². The summed E-state index contributed by atoms with van der Waals surface area (Å²) in [4.78, 5) is 24.6. The van der Waals surface area contributed by atoms with Gasteiger partial charge in [-0.2, -0.15) is 0 Å². The number of nitrogens with one attached hydrogen (secondary N) is 1. The zero-order valence-corrected chi connectivity index (χ0v) is 18.5. The Balaban J connectivity index is 1.43. The van der Waals surface area contributed by atoms with Gasteiger partial charge in [-0.15, -0.1) is 10.2 Å². The predicted octanol–water partition coefficient (Wildman–Crippen LogP) is 2.81. The van der Waals surface area contributed by atoms with Crippen LogP contribution in [0.25, 0.3) is 11.0 Å². The molecule has 0 aliphatic heterocycles. The second-order valence-corrected chi connectivity index (χ2v) is 8.19. The van der Waals surface area contributed by atoms with Crippen molar-refractivity contribution in [3.63, 3.8) is 0 Å². The minimum atomic E-state index is -0.138. The van der Waals surface area contributed by atoms with Gasteiger partial charge in [-0.3, -0.25) is 13.9 Å². The number of hydrogen-bond acceptors (Lipinski definition) is 5. The first-order valence-corrected chi connectivity index (χ1v) is 11.0. The molecule has 9 heteroatoms. The van der Waals surface area contributed by atoms with Crippen molar-refractivity contribution in [2.75, 3.05) is 11.1 Å². The van der Waals surface area contributed by atoms with E-state index in [9.17, 15) is 9.59 Å². The van der Waals surface area contributed by atoms with Gasteiger partial charge in [0.1, 0.15) is 5.82 Å². The van der Waals surface area contributed by atoms with Gasteiger partial charge in [-0.1, -0.05) is 42.1 Å². The lowest BCUT2D eigenvalue weighted by atomic mass is 10.1. The number of hydrogen-bond donors (Lipinski definition) is 1. The lowest BCUT2D eigenvalue weighted by Gasteiger charge is -2.08. The Labute approximate surface area is 183 Å². The molecule has 2 aromatic carbocycles. The van der Waals surface area contributed by atoms with Crippen LogP contribution in [-0.2, 0) is 31.9 Å². The smallest absolute Gasteiger partial charge is 0.325 e. The molecule has 1 N–H and O–H groups in total. The van der Waals surface area contributed by atoms with Gasteiger partial charge >= 0.3 is 5.69 Å². The van der Waals surface area contributed by atoms with E-state index in [1.165, 1.54) is 17.3 Å². The SMILES string of the molecule is CCn1c(Cc2ccccc2)nnc1SCC(=O)Nc1ccc2c(c1)n(C)c(=O)n2C. The topological polar surface area (TPSA) is 86.7 Å². The van der Waals surface area contributed by atoms with Gasteiger partial charge in [0.05, 0.1) is 16.8 Å². The summed E-state index contributed by atoms with van der Waals surface area (Å²) in [7, 11) is 3.45. The molecule has 2 heterocycles. The van der Waals surface area contributed by atoms with Crippen LogP contribution in [0.2, 0.25) is 0 Å². The molecule has 31 heavy (non-hydrogen) atoms. The van der Waals surface area contributed by atoms with E-state index in [4.69, 9.17) is 0 Å². The Morgan fingerprint density at radius 2 is 1.77 bits per heavy atom. The van der Waals surface area contributed by atoms with Crippen LogP contribution in [0.3, 0.4) is 0 Å². The number of benzene rings is 2. The number of carbonyl (C=O) groups is 1. The second kappa shape index (κ2) is 8.81. The van der Waals surface area contributed by atoms with Gasteiger partial charge in [-0.05, 0) is 30.7 Å². The first-order chi connectivity index (χ1) is 15.0. The third kappa shape index (κ3) is 4.27. The van der Waals surface area contributed by atoms with Crippen LogP contribution in [0, 0.1) is 0 Å². The molecular formula is C22H24N6O2S. The largest absolute Gasteiger partial charge is 0.328 e. The standard InChI is InChI=1S/C22H24N6O2S/c1-4-28-19(12-15-8-6-5-7-9-15)24-25-21(28)31-14-20(29)23-16-10-11-17-18(13-16)27(3)22(30)26(17)2/h5-11,13H,4,12,14H2,1-3H3,(H,23,29). The van der Waals surface area contributed by atoms with Crippen molar-refractivity contribution in [2.24, 2.45) is 14.1 Å². The summed E-state index contributed by atoms with van der Waals surface area (Å²) in [6.45, 7) is 2.78. The number of fused-ring (bicyclic) bond motifs is 1. The fourth-order valence-electron chi connectivity index (χ4n) is 3.56. The summed E-state index contributed by atoms with van der Waals surface area (Å²) < 4.78 is 5.19. The number of amides is 1. The first kappa shape index (κ1) is 20.9. The summed E-state index contributed by atoms with van der Waals surface area (Å²) in [6.07, 6.45) is 0.699. The van der Waals surface area contributed by atoms with Crippen molar-refractivity contribution >= 4 is 34.4 Å². The first-order valence-electron chi connectivity index (χ1n) is 10.0. The van der Waals surface area contributed by atoms with Crippen molar-refractivity contribution < 1.29 is 4.79 Å². The molecule has 4 rings (SSSR count). The van der Waals surface area contributed by atoms with Crippen molar-refractivity contribution in [1.29, 1.82) is 0 Å². The second-order valence-electron chi connectivity index (χ2n) is 7.25. The third-order valence-corrected chi connectivity index (χ3v) is 6.17. The number of aryl methyl sites for hydroxylation is 2. The normalized spacial score (nSPS) is 11.2. The van der Waals surface area contributed by atoms with Crippen molar-refractivity contribution in [1.82, 2.24) is 23.9 Å². The Hall–Kier alpha value is -3.33. The maximum Gasteiger partial charge on any atom is 0.328 e. The van der Waals surface area contributed by atoms with Crippen LogP contribution < -0.4 is 11.0 Å². The van der Waals surface area contributed by atoms with E-state index in [2.05, 4.69) is 27.6 Å². The molecule has 2 aromatic heterocycles. The van der Waals surface area contributed by atoms with Gasteiger partial charge in [0.2, 0.25) is 5.91 Å². The molecule has 1 amide bonds. The molecule has 4 aromatic rings. The van der Waals surface area contributed by atoms with Crippen LogP contribution in [0.4, 0.5) is 5.69 Å². The van der Waals surface area contributed by atoms with Gasteiger partial charge in [0.25, 0.3) is 0 Å². The van der Waals surface area contributed by atoms with Crippen LogP contribution in [0.5, 0.6) is 0 Å². The Morgan fingerprint density at radius 3 is 2.52 bits per heavy atom. The van der Waals surface area contributed by atoms with Crippen LogP contribution in [-0.4, -0.2) is 35.6 Å². The molecule has 0 radical (unpaired) electrons. The number of thioether (sulfide) groups is 1. The molecule has 0 saturated carbocycles. The summed E-state index contributed by atoms with van der Waals surface area (Å²) in [5.74, 6) is 0.961. The molecule has 0 aliphatic carbocycles. The lowest BCUT2D eigenvalue weighted by molar-refractivity contribution is -0.113. The van der Waals surface area contributed by atoms with E-state index < -0.39 is 0 Å². The highest BCUT2D eigenvalue weighted by molar-refractivity contribution is 7.99. The molecule has 0 aliphatic rings. The lowest BCUT2D eigenvalue weighted by Crippen LogP contribution is -2.19. The Morgan fingerprint density at radius 1 is 1.03 bits per heavy atom. The minimum Gasteiger partial charge on any atom is -0.325 e. The molecule has 160 valence electrons. The molecule has 0 unspecified atom stereocenters. The van der Waals surface area contributed by atoms with Crippen LogP contribution in [0.1, 0.15) is 18.3 Å². The van der Waals surface area contributed by atoms with Gasteiger partial charge in [0, 0.05) is 32.7 Å². The number of anilines is 1. The Bertz CT molecular complexity index is 1290. The minimum absolute atomic E-state index is 0.0979. The maximum absolute atomic E-state index is 12.5. The molecule has 0 saturated heterocycles. The van der Waals surface area contributed by atoms with Gasteiger partial charge < -0.3 is 9.88 Å². The fourth-order valence-corrected chi connectivity index (χ4v) is 4.39. The summed E-state index contributed by atoms with van der Waals surface area (Å²) >= 11 is 1.36. The molecule has 0 fully saturated rings. The predicted molar refractivity (Wildman–Crippen MR) is 122 cm³/mol. The average molecular weight is 437 g/mol. The highest BCUT2D eigenvalue weighted by atomic mass is 32.2. The van der Waals surface area contributed by atoms with E-state index in [1.54, 1.807) is 29.3 Å². The molecule has 0 spiro atoms. The molecule has 0 bridgehead atoms. The zero-order valence-electron chi connectivity index (χ0n) is 17.7. The van der Waals surface area contributed by atoms with Crippen LogP contribution in [0.15, 0.2) is 58.5 Å². The number of rotatable bonds is 7. The van der Waals surface area contributed by atoms with Crippen LogP contribution >= 0.6 is 11.8 Å². The fraction of sp³-hybridized carbons (Fsp3) is 0.273. The zero-order chi connectivity index (χ0) is 22.0. The number of aromatic nitrogens is 5. The highest BCUT2D eigenvalue weighted by Gasteiger charge is 2.14. The summed E-state index contributed by atoms with van der Waals surface area (Å²) in [6, 6.07) is 15.6. The van der Waals surface area contributed by atoms with Gasteiger partial charge in [-0.25, -0.2) is 4.79 Å². The monoisotopic (exact) mass is 436 g/mol. The van der Waals surface area contributed by atoms with E-state index in [1.807, 2.05) is 41.8 Å². The number of carbonyl (C=O) groups excluding carboxylic acids is 1. The van der Waals surface area contributed by atoms with Crippen molar-refractivity contribution in [2.45, 2.75) is 25.0 Å². The maximum atomic E-state index is 12.5. The Kier molecular flexibility index (Phi) is 5.94. The highest BCUT2D eigenvalue weighted by Crippen LogP contribution is 2.21. The number of imidazole rings is 1. The van der Waals surface area contributed by atoms with Gasteiger partial charge in [0.15, 0.2) is 5.16 Å². The summed E-state index contributed by atoms with van der Waals surface area (Å²) in [5, 5.41) is 12.2. The van der Waals surface area contributed by atoms with E-state index in [-0.39, 0.29) is 17.3 Å². The summed E-state index contributed by atoms with van der Waals surface area (Å²) in [5.41, 5.74) is 3.32. The van der Waals surface area contributed by atoms with E-state index in [0.29, 0.717) is 12.1 Å².